The Morgan fingerprint density at radius 2 is 2.15 bits per heavy atom. The van der Waals surface area contributed by atoms with Crippen LogP contribution in [-0.2, 0) is 11.2 Å². The zero-order valence-corrected chi connectivity index (χ0v) is 11.2. The van der Waals surface area contributed by atoms with Crippen LogP contribution in [0.2, 0.25) is 0 Å². The number of anilines is 1. The molecule has 2 rings (SSSR count). The molecular formula is C14H19N3O3. The molecule has 108 valence electrons. The zero-order valence-electron chi connectivity index (χ0n) is 11.2. The van der Waals surface area contributed by atoms with E-state index in [1.165, 1.54) is 0 Å². The summed E-state index contributed by atoms with van der Waals surface area (Å²) >= 11 is 0. The van der Waals surface area contributed by atoms with Crippen molar-refractivity contribution in [1.82, 2.24) is 4.90 Å². The van der Waals surface area contributed by atoms with Gasteiger partial charge in [0.25, 0.3) is 0 Å². The molecule has 1 heterocycles. The van der Waals surface area contributed by atoms with Crippen LogP contribution in [0.1, 0.15) is 18.4 Å². The first-order chi connectivity index (χ1) is 9.56. The Balaban J connectivity index is 2.01. The van der Waals surface area contributed by atoms with Crippen LogP contribution >= 0.6 is 0 Å². The quantitative estimate of drug-likeness (QED) is 0.772. The summed E-state index contributed by atoms with van der Waals surface area (Å²) in [5.74, 6) is -0.850. The summed E-state index contributed by atoms with van der Waals surface area (Å²) in [4.78, 5) is 24.4. The number of carbonyl (C=O) groups excluding carboxylic acids is 1. The van der Waals surface area contributed by atoms with Gasteiger partial charge < -0.3 is 21.1 Å². The van der Waals surface area contributed by atoms with E-state index in [1.54, 1.807) is 11.0 Å². The Hall–Kier alpha value is -2.08. The van der Waals surface area contributed by atoms with Gasteiger partial charge in [0.05, 0.1) is 0 Å². The van der Waals surface area contributed by atoms with Crippen LogP contribution in [0, 0.1) is 0 Å². The number of carbonyl (C=O) groups is 2. The molecule has 2 amide bonds. The minimum Gasteiger partial charge on any atom is -0.481 e. The monoisotopic (exact) mass is 277 g/mol. The second-order valence-electron chi connectivity index (χ2n) is 4.98. The van der Waals surface area contributed by atoms with Crippen LogP contribution in [-0.4, -0.2) is 41.1 Å². The molecule has 0 bridgehead atoms. The van der Waals surface area contributed by atoms with Crippen molar-refractivity contribution in [2.24, 2.45) is 5.73 Å². The van der Waals surface area contributed by atoms with Crippen molar-refractivity contribution in [2.75, 3.05) is 18.4 Å². The van der Waals surface area contributed by atoms with Crippen molar-refractivity contribution in [3.05, 3.63) is 29.8 Å². The molecular weight excluding hydrogens is 258 g/mol. The molecule has 1 aromatic carbocycles. The van der Waals surface area contributed by atoms with E-state index in [2.05, 4.69) is 5.32 Å². The smallest absolute Gasteiger partial charge is 0.321 e. The highest BCUT2D eigenvalue weighted by Crippen LogP contribution is 2.18. The number of amides is 2. The Morgan fingerprint density at radius 1 is 1.40 bits per heavy atom. The molecule has 1 aliphatic rings. The lowest BCUT2D eigenvalue weighted by Gasteiger charge is -2.18. The van der Waals surface area contributed by atoms with Crippen LogP contribution in [0.4, 0.5) is 10.5 Å². The first-order valence-corrected chi connectivity index (χ1v) is 6.67. The summed E-state index contributed by atoms with van der Waals surface area (Å²) in [5.41, 5.74) is 7.27. The topological polar surface area (TPSA) is 95.7 Å². The van der Waals surface area contributed by atoms with Crippen molar-refractivity contribution >= 4 is 17.7 Å². The Kier molecular flexibility index (Phi) is 4.57. The maximum atomic E-state index is 12.1. The fourth-order valence-corrected chi connectivity index (χ4v) is 2.27. The largest absolute Gasteiger partial charge is 0.481 e. The minimum atomic E-state index is -0.850. The Bertz CT molecular complexity index is 504. The number of para-hydroxylation sites is 1. The van der Waals surface area contributed by atoms with Crippen LogP contribution in [0.5, 0.6) is 0 Å². The molecule has 0 radical (unpaired) electrons. The summed E-state index contributed by atoms with van der Waals surface area (Å²) in [5, 5.41) is 11.6. The van der Waals surface area contributed by atoms with Crippen molar-refractivity contribution in [3.63, 3.8) is 0 Å². The molecule has 4 N–H and O–H groups in total. The molecule has 20 heavy (non-hydrogen) atoms. The first-order valence-electron chi connectivity index (χ1n) is 6.67. The molecule has 1 saturated heterocycles. The van der Waals surface area contributed by atoms with Gasteiger partial charge in [-0.25, -0.2) is 4.79 Å². The van der Waals surface area contributed by atoms with Gasteiger partial charge in [-0.15, -0.1) is 0 Å². The van der Waals surface area contributed by atoms with E-state index in [4.69, 9.17) is 10.8 Å². The average molecular weight is 277 g/mol. The summed E-state index contributed by atoms with van der Waals surface area (Å²) in [6.07, 6.45) is 1.25. The SMILES string of the molecule is NC1CCN(C(=O)Nc2ccccc2CCC(=O)O)C1. The molecule has 1 unspecified atom stereocenters. The van der Waals surface area contributed by atoms with Gasteiger partial charge in [-0.1, -0.05) is 18.2 Å². The van der Waals surface area contributed by atoms with Gasteiger partial charge in [-0.3, -0.25) is 4.79 Å². The number of aryl methyl sites for hydroxylation is 1. The molecule has 6 nitrogen and oxygen atoms in total. The molecule has 1 fully saturated rings. The van der Waals surface area contributed by atoms with Crippen molar-refractivity contribution in [3.8, 4) is 0 Å². The minimum absolute atomic E-state index is 0.0431. The number of benzene rings is 1. The van der Waals surface area contributed by atoms with E-state index in [9.17, 15) is 9.59 Å². The maximum Gasteiger partial charge on any atom is 0.321 e. The van der Waals surface area contributed by atoms with Crippen LogP contribution in [0.3, 0.4) is 0 Å². The number of aliphatic carboxylic acids is 1. The number of rotatable bonds is 4. The third-order valence-corrected chi connectivity index (χ3v) is 3.38. The van der Waals surface area contributed by atoms with Gasteiger partial charge in [-0.2, -0.15) is 0 Å². The first kappa shape index (κ1) is 14.3. The number of urea groups is 1. The van der Waals surface area contributed by atoms with E-state index in [0.717, 1.165) is 12.0 Å². The standard InChI is InChI=1S/C14H19N3O3/c15-11-7-8-17(9-11)14(20)16-12-4-2-1-3-10(12)5-6-13(18)19/h1-4,11H,5-9,15H2,(H,16,20)(H,18,19). The van der Waals surface area contributed by atoms with Crippen LogP contribution in [0.15, 0.2) is 24.3 Å². The lowest BCUT2D eigenvalue weighted by molar-refractivity contribution is -0.136. The second-order valence-corrected chi connectivity index (χ2v) is 4.98. The van der Waals surface area contributed by atoms with Gasteiger partial charge in [-0.05, 0) is 24.5 Å². The van der Waals surface area contributed by atoms with Gasteiger partial charge in [0.2, 0.25) is 0 Å². The van der Waals surface area contributed by atoms with Gasteiger partial charge >= 0.3 is 12.0 Å². The molecule has 1 aromatic rings. The van der Waals surface area contributed by atoms with E-state index < -0.39 is 5.97 Å². The zero-order chi connectivity index (χ0) is 14.5. The molecule has 6 heteroatoms. The molecule has 1 aliphatic heterocycles. The Morgan fingerprint density at radius 3 is 2.80 bits per heavy atom. The maximum absolute atomic E-state index is 12.1. The number of carboxylic acid groups (broad SMARTS) is 1. The van der Waals surface area contributed by atoms with Gasteiger partial charge in [0.1, 0.15) is 0 Å². The van der Waals surface area contributed by atoms with Crippen molar-refractivity contribution in [1.29, 1.82) is 0 Å². The van der Waals surface area contributed by atoms with E-state index in [-0.39, 0.29) is 18.5 Å². The normalized spacial score (nSPS) is 18.1. The lowest BCUT2D eigenvalue weighted by Crippen LogP contribution is -2.35. The van der Waals surface area contributed by atoms with Crippen molar-refractivity contribution in [2.45, 2.75) is 25.3 Å². The van der Waals surface area contributed by atoms with Gasteiger partial charge in [0, 0.05) is 31.2 Å². The summed E-state index contributed by atoms with van der Waals surface area (Å²) in [7, 11) is 0. The number of nitrogens with two attached hydrogens (primary N) is 1. The number of nitrogens with zero attached hydrogens (tertiary/aromatic N) is 1. The fourth-order valence-electron chi connectivity index (χ4n) is 2.27. The molecule has 0 saturated carbocycles. The number of hydrogen-bond acceptors (Lipinski definition) is 3. The predicted molar refractivity (Wildman–Crippen MR) is 75.6 cm³/mol. The molecule has 1 atom stereocenters. The highest BCUT2D eigenvalue weighted by atomic mass is 16.4. The lowest BCUT2D eigenvalue weighted by atomic mass is 10.1. The van der Waals surface area contributed by atoms with E-state index in [0.29, 0.717) is 25.2 Å². The third-order valence-electron chi connectivity index (χ3n) is 3.38. The second kappa shape index (κ2) is 6.38. The highest BCUT2D eigenvalue weighted by Gasteiger charge is 2.23. The summed E-state index contributed by atoms with van der Waals surface area (Å²) in [6.45, 7) is 1.22. The molecule has 0 aliphatic carbocycles. The summed E-state index contributed by atoms with van der Waals surface area (Å²) < 4.78 is 0. The van der Waals surface area contributed by atoms with Crippen molar-refractivity contribution < 1.29 is 14.7 Å². The molecule has 0 spiro atoms. The average Bonchev–Trinajstić information content (AvgIpc) is 2.84. The summed E-state index contributed by atoms with van der Waals surface area (Å²) in [6, 6.07) is 7.12. The van der Waals surface area contributed by atoms with E-state index in [1.807, 2.05) is 18.2 Å². The number of carboxylic acids is 1. The van der Waals surface area contributed by atoms with E-state index >= 15 is 0 Å². The third kappa shape index (κ3) is 3.71. The van der Waals surface area contributed by atoms with Crippen LogP contribution in [0.25, 0.3) is 0 Å². The fraction of sp³-hybridized carbons (Fsp3) is 0.429. The Labute approximate surface area is 117 Å². The highest BCUT2D eigenvalue weighted by molar-refractivity contribution is 5.90. The van der Waals surface area contributed by atoms with Crippen LogP contribution < -0.4 is 11.1 Å². The number of nitrogens with one attached hydrogen (secondary N) is 1. The number of likely N-dealkylation sites (tertiary alicyclic amines) is 1. The predicted octanol–water partition coefficient (Wildman–Crippen LogP) is 1.27. The number of hydrogen-bond donors (Lipinski definition) is 3. The van der Waals surface area contributed by atoms with Gasteiger partial charge in [0.15, 0.2) is 0 Å². The molecule has 0 aromatic heterocycles.